The monoisotopic (exact) mass is 364 g/mol. The molecule has 26 heavy (non-hydrogen) atoms. The van der Waals surface area contributed by atoms with Crippen LogP contribution in [0.4, 0.5) is 8.78 Å². The molecule has 8 heteroatoms. The van der Waals surface area contributed by atoms with E-state index < -0.39 is 11.6 Å². The predicted octanol–water partition coefficient (Wildman–Crippen LogP) is 2.48. The second kappa shape index (κ2) is 9.84. The third-order valence-electron chi connectivity index (χ3n) is 4.04. The van der Waals surface area contributed by atoms with Crippen LogP contribution in [0.25, 0.3) is 0 Å². The number of rotatable bonds is 8. The summed E-state index contributed by atoms with van der Waals surface area (Å²) in [4.78, 5) is 4.54. The Morgan fingerprint density at radius 1 is 1.23 bits per heavy atom. The molecular weight excluding hydrogens is 338 g/mol. The summed E-state index contributed by atoms with van der Waals surface area (Å²) in [5.41, 5.74) is 0.723. The Morgan fingerprint density at radius 3 is 2.73 bits per heavy atom. The van der Waals surface area contributed by atoms with Crippen LogP contribution in [-0.2, 0) is 13.0 Å². The maximum Gasteiger partial charge on any atom is 0.191 e. The number of hydrogen-bond acceptors (Lipinski definition) is 3. The minimum absolute atomic E-state index is 0.0231. The zero-order valence-electron chi connectivity index (χ0n) is 15.5. The molecular formula is C18H26F2N6. The molecule has 0 radical (unpaired) electrons. The van der Waals surface area contributed by atoms with Gasteiger partial charge >= 0.3 is 0 Å². The van der Waals surface area contributed by atoms with Crippen molar-refractivity contribution in [2.45, 2.75) is 39.7 Å². The molecule has 1 atom stereocenters. The number of guanidine groups is 1. The van der Waals surface area contributed by atoms with Gasteiger partial charge in [0, 0.05) is 38.5 Å². The summed E-state index contributed by atoms with van der Waals surface area (Å²) in [5, 5.41) is 14.4. The average Bonchev–Trinajstić information content (AvgIpc) is 3.09. The van der Waals surface area contributed by atoms with Crippen molar-refractivity contribution < 1.29 is 8.78 Å². The molecule has 0 aliphatic carbocycles. The quantitative estimate of drug-likeness (QED) is 0.558. The van der Waals surface area contributed by atoms with Crippen LogP contribution in [0.1, 0.15) is 38.1 Å². The smallest absolute Gasteiger partial charge is 0.191 e. The van der Waals surface area contributed by atoms with Gasteiger partial charge in [-0.05, 0) is 24.6 Å². The van der Waals surface area contributed by atoms with Crippen molar-refractivity contribution in [1.82, 2.24) is 25.4 Å². The number of aromatic nitrogens is 3. The lowest BCUT2D eigenvalue weighted by atomic mass is 10.0. The largest absolute Gasteiger partial charge is 0.357 e. The van der Waals surface area contributed by atoms with E-state index in [0.29, 0.717) is 19.0 Å². The first-order chi connectivity index (χ1) is 12.5. The summed E-state index contributed by atoms with van der Waals surface area (Å²) in [5.74, 6) is -0.0530. The zero-order valence-corrected chi connectivity index (χ0v) is 15.5. The summed E-state index contributed by atoms with van der Waals surface area (Å²) in [6, 6.07) is 3.98. The highest BCUT2D eigenvalue weighted by Gasteiger charge is 2.09. The van der Waals surface area contributed by atoms with Gasteiger partial charge in [0.1, 0.15) is 12.2 Å². The lowest BCUT2D eigenvalue weighted by molar-refractivity contribution is 0.505. The van der Waals surface area contributed by atoms with E-state index in [4.69, 9.17) is 0 Å². The molecule has 1 aromatic heterocycles. The van der Waals surface area contributed by atoms with Crippen molar-refractivity contribution in [3.63, 3.8) is 0 Å². The van der Waals surface area contributed by atoms with Crippen LogP contribution in [0.3, 0.4) is 0 Å². The SMILES string of the molecule is CCNC(=NCC(C)c1ccc(F)c(F)c1)NCCn1cnnc1CC. The normalized spacial score (nSPS) is 12.9. The Balaban J connectivity index is 1.91. The first-order valence-corrected chi connectivity index (χ1v) is 8.88. The number of halogens is 2. The molecule has 1 heterocycles. The van der Waals surface area contributed by atoms with Gasteiger partial charge in [-0.3, -0.25) is 4.99 Å². The van der Waals surface area contributed by atoms with Gasteiger partial charge in [0.15, 0.2) is 17.6 Å². The van der Waals surface area contributed by atoms with Gasteiger partial charge in [-0.1, -0.05) is 19.9 Å². The lowest BCUT2D eigenvalue weighted by Crippen LogP contribution is -2.39. The topological polar surface area (TPSA) is 67.1 Å². The molecule has 0 aliphatic heterocycles. The van der Waals surface area contributed by atoms with E-state index >= 15 is 0 Å². The van der Waals surface area contributed by atoms with Gasteiger partial charge in [-0.15, -0.1) is 10.2 Å². The Bertz CT molecular complexity index is 728. The Hall–Kier alpha value is -2.51. The number of nitrogens with zero attached hydrogens (tertiary/aromatic N) is 4. The van der Waals surface area contributed by atoms with E-state index in [2.05, 4.69) is 25.8 Å². The molecule has 0 bridgehead atoms. The Kier molecular flexibility index (Phi) is 7.50. The molecule has 0 saturated carbocycles. The molecule has 0 fully saturated rings. The third kappa shape index (κ3) is 5.50. The second-order valence-electron chi connectivity index (χ2n) is 6.02. The minimum atomic E-state index is -0.833. The standard InChI is InChI=1S/C18H26F2N6/c1-4-17-25-24-12-26(17)9-8-22-18(21-5-2)23-11-13(3)14-6-7-15(19)16(20)10-14/h6-7,10,12-13H,4-5,8-9,11H2,1-3H3,(H2,21,22,23). The number of hydrogen-bond donors (Lipinski definition) is 2. The van der Waals surface area contributed by atoms with Crippen LogP contribution < -0.4 is 10.6 Å². The van der Waals surface area contributed by atoms with Crippen molar-refractivity contribution in [2.24, 2.45) is 4.99 Å². The maximum atomic E-state index is 13.4. The van der Waals surface area contributed by atoms with Crippen molar-refractivity contribution in [3.05, 3.63) is 47.5 Å². The number of benzene rings is 1. The fraction of sp³-hybridized carbons (Fsp3) is 0.500. The second-order valence-corrected chi connectivity index (χ2v) is 6.02. The van der Waals surface area contributed by atoms with Crippen molar-refractivity contribution in [2.75, 3.05) is 19.6 Å². The van der Waals surface area contributed by atoms with Gasteiger partial charge in [0.25, 0.3) is 0 Å². The van der Waals surface area contributed by atoms with Gasteiger partial charge in [0.05, 0.1) is 0 Å². The fourth-order valence-corrected chi connectivity index (χ4v) is 2.53. The van der Waals surface area contributed by atoms with Crippen molar-refractivity contribution >= 4 is 5.96 Å². The molecule has 1 aromatic carbocycles. The molecule has 2 aromatic rings. The van der Waals surface area contributed by atoms with Crippen LogP contribution in [0, 0.1) is 11.6 Å². The molecule has 2 N–H and O–H groups in total. The van der Waals surface area contributed by atoms with Crippen molar-refractivity contribution in [1.29, 1.82) is 0 Å². The summed E-state index contributed by atoms with van der Waals surface area (Å²) < 4.78 is 28.4. The molecule has 2 rings (SSSR count). The van der Waals surface area contributed by atoms with Gasteiger partial charge < -0.3 is 15.2 Å². The average molecular weight is 364 g/mol. The lowest BCUT2D eigenvalue weighted by Gasteiger charge is -2.14. The summed E-state index contributed by atoms with van der Waals surface area (Å²) in [6.07, 6.45) is 2.55. The molecule has 0 aliphatic rings. The van der Waals surface area contributed by atoms with Crippen LogP contribution in [-0.4, -0.2) is 40.4 Å². The van der Waals surface area contributed by atoms with E-state index in [-0.39, 0.29) is 5.92 Å². The van der Waals surface area contributed by atoms with Gasteiger partial charge in [0.2, 0.25) is 0 Å². The maximum absolute atomic E-state index is 13.4. The summed E-state index contributed by atoms with van der Waals surface area (Å²) >= 11 is 0. The Morgan fingerprint density at radius 2 is 2.04 bits per heavy atom. The molecule has 142 valence electrons. The summed E-state index contributed by atoms with van der Waals surface area (Å²) in [7, 11) is 0. The molecule has 0 saturated heterocycles. The van der Waals surface area contributed by atoms with Gasteiger partial charge in [-0.2, -0.15) is 0 Å². The molecule has 0 spiro atoms. The third-order valence-corrected chi connectivity index (χ3v) is 4.04. The van der Waals surface area contributed by atoms with E-state index in [0.717, 1.165) is 37.0 Å². The van der Waals surface area contributed by atoms with Crippen LogP contribution in [0.15, 0.2) is 29.5 Å². The highest BCUT2D eigenvalue weighted by Crippen LogP contribution is 2.18. The van der Waals surface area contributed by atoms with E-state index in [9.17, 15) is 8.78 Å². The zero-order chi connectivity index (χ0) is 18.9. The van der Waals surface area contributed by atoms with Gasteiger partial charge in [-0.25, -0.2) is 8.78 Å². The number of aliphatic imine (C=N–C) groups is 1. The van der Waals surface area contributed by atoms with Crippen molar-refractivity contribution in [3.8, 4) is 0 Å². The number of nitrogens with one attached hydrogen (secondary N) is 2. The minimum Gasteiger partial charge on any atom is -0.357 e. The first-order valence-electron chi connectivity index (χ1n) is 8.88. The van der Waals surface area contributed by atoms with Crippen LogP contribution in [0.5, 0.6) is 0 Å². The molecule has 0 amide bonds. The fourth-order valence-electron chi connectivity index (χ4n) is 2.53. The highest BCUT2D eigenvalue weighted by atomic mass is 19.2. The van der Waals surface area contributed by atoms with Crippen LogP contribution >= 0.6 is 0 Å². The van der Waals surface area contributed by atoms with E-state index in [1.54, 1.807) is 12.4 Å². The Labute approximate surface area is 152 Å². The number of aryl methyl sites for hydroxylation is 1. The van der Waals surface area contributed by atoms with Crippen LogP contribution in [0.2, 0.25) is 0 Å². The molecule has 1 unspecified atom stereocenters. The van der Waals surface area contributed by atoms with E-state index in [1.807, 2.05) is 25.3 Å². The van der Waals surface area contributed by atoms with E-state index in [1.165, 1.54) is 6.07 Å². The predicted molar refractivity (Wildman–Crippen MR) is 98.2 cm³/mol. The molecule has 6 nitrogen and oxygen atoms in total. The first kappa shape index (κ1) is 19.8. The highest BCUT2D eigenvalue weighted by molar-refractivity contribution is 5.79. The summed E-state index contributed by atoms with van der Waals surface area (Å²) in [6.45, 7) is 8.58.